The Hall–Kier alpha value is -2.90. The molecular formula is C23H22N4OS2. The highest BCUT2D eigenvalue weighted by Crippen LogP contribution is 2.34. The van der Waals surface area contributed by atoms with E-state index in [1.807, 2.05) is 67.8 Å². The zero-order valence-electron chi connectivity index (χ0n) is 16.8. The third-order valence-corrected chi connectivity index (χ3v) is 6.48. The van der Waals surface area contributed by atoms with Crippen LogP contribution in [0.5, 0.6) is 0 Å². The fourth-order valence-corrected chi connectivity index (χ4v) is 4.89. The fraction of sp³-hybridized carbons (Fsp3) is 0.174. The molecule has 5 nitrogen and oxygen atoms in total. The van der Waals surface area contributed by atoms with Gasteiger partial charge in [-0.15, -0.1) is 16.4 Å². The summed E-state index contributed by atoms with van der Waals surface area (Å²) >= 11 is 3.04. The molecular weight excluding hydrogens is 412 g/mol. The van der Waals surface area contributed by atoms with Crippen molar-refractivity contribution in [2.45, 2.75) is 30.7 Å². The zero-order chi connectivity index (χ0) is 20.9. The van der Waals surface area contributed by atoms with E-state index in [2.05, 4.69) is 32.6 Å². The minimum absolute atomic E-state index is 0.0965. The molecule has 0 aliphatic carbocycles. The summed E-state index contributed by atoms with van der Waals surface area (Å²) in [7, 11) is 0. The van der Waals surface area contributed by atoms with Crippen LogP contribution < -0.4 is 5.32 Å². The largest absolute Gasteiger partial charge is 0.325 e. The smallest absolute Gasteiger partial charge is 0.242 e. The Morgan fingerprint density at radius 3 is 2.57 bits per heavy atom. The predicted octanol–water partition coefficient (Wildman–Crippen LogP) is 5.55. The lowest BCUT2D eigenvalue weighted by atomic mass is 10.1. The summed E-state index contributed by atoms with van der Waals surface area (Å²) in [5, 5.41) is 12.5. The molecule has 0 radical (unpaired) electrons. The van der Waals surface area contributed by atoms with E-state index in [0.29, 0.717) is 11.6 Å². The van der Waals surface area contributed by atoms with Crippen LogP contribution >= 0.6 is 23.1 Å². The molecule has 0 saturated heterocycles. The van der Waals surface area contributed by atoms with Gasteiger partial charge in [0.15, 0.2) is 0 Å². The minimum atomic E-state index is -0.461. The number of carbonyl (C=O) groups is 1. The molecule has 2 N–H and O–H groups in total. The quantitative estimate of drug-likeness (QED) is 0.374. The summed E-state index contributed by atoms with van der Waals surface area (Å²) in [5.74, 6) is 0.697. The van der Waals surface area contributed by atoms with Gasteiger partial charge in [-0.05, 0) is 54.1 Å². The molecule has 152 valence electrons. The Balaban J connectivity index is 1.54. The molecule has 2 aromatic carbocycles. The second-order valence-electron chi connectivity index (χ2n) is 7.10. The van der Waals surface area contributed by atoms with Gasteiger partial charge in [-0.3, -0.25) is 9.89 Å². The molecule has 7 heteroatoms. The molecule has 2 heterocycles. The van der Waals surface area contributed by atoms with Gasteiger partial charge in [0.25, 0.3) is 0 Å². The highest BCUT2D eigenvalue weighted by molar-refractivity contribution is 8.00. The molecule has 1 atom stereocenters. The molecule has 0 aliphatic heterocycles. The number of anilines is 1. The van der Waals surface area contributed by atoms with Crippen molar-refractivity contribution in [2.75, 3.05) is 5.32 Å². The molecule has 30 heavy (non-hydrogen) atoms. The van der Waals surface area contributed by atoms with E-state index < -0.39 is 5.25 Å². The molecule has 0 aliphatic rings. The van der Waals surface area contributed by atoms with E-state index in [9.17, 15) is 4.79 Å². The number of amides is 1. The Labute approximate surface area is 184 Å². The number of hydrogen-bond acceptors (Lipinski definition) is 5. The average Bonchev–Trinajstić information content (AvgIpc) is 3.38. The number of thiophene rings is 1. The van der Waals surface area contributed by atoms with Crippen molar-refractivity contribution in [1.82, 2.24) is 15.2 Å². The lowest BCUT2D eigenvalue weighted by Crippen LogP contribution is -2.19. The molecule has 4 rings (SSSR count). The minimum Gasteiger partial charge on any atom is -0.325 e. The fourth-order valence-electron chi connectivity index (χ4n) is 3.25. The van der Waals surface area contributed by atoms with E-state index in [-0.39, 0.29) is 5.91 Å². The molecule has 1 unspecified atom stereocenters. The normalized spacial score (nSPS) is 11.9. The number of aromatic amines is 1. The topological polar surface area (TPSA) is 70.7 Å². The first kappa shape index (κ1) is 20.4. The van der Waals surface area contributed by atoms with Gasteiger partial charge in [-0.2, -0.15) is 0 Å². The van der Waals surface area contributed by atoms with Crippen LogP contribution in [0.1, 0.15) is 32.6 Å². The summed E-state index contributed by atoms with van der Waals surface area (Å²) in [5.41, 5.74) is 3.93. The van der Waals surface area contributed by atoms with Crippen LogP contribution in [0.15, 0.2) is 71.2 Å². The molecule has 4 aromatic rings. The SMILES string of the molecule is Cc1cc(C)cc(NC(=O)C(Sc2n[nH]c(Cc3cccs3)n2)c2ccccc2)c1. The summed E-state index contributed by atoms with van der Waals surface area (Å²) in [6.45, 7) is 4.05. The van der Waals surface area contributed by atoms with Crippen molar-refractivity contribution < 1.29 is 4.79 Å². The number of benzene rings is 2. The van der Waals surface area contributed by atoms with Crippen molar-refractivity contribution in [3.05, 3.63) is 93.4 Å². The number of rotatable bonds is 7. The summed E-state index contributed by atoms with van der Waals surface area (Å²) < 4.78 is 0. The Bertz CT molecular complexity index is 1100. The summed E-state index contributed by atoms with van der Waals surface area (Å²) in [4.78, 5) is 19.0. The van der Waals surface area contributed by atoms with Crippen LogP contribution in [0, 0.1) is 13.8 Å². The Morgan fingerprint density at radius 2 is 1.87 bits per heavy atom. The highest BCUT2D eigenvalue weighted by Gasteiger charge is 2.24. The number of thioether (sulfide) groups is 1. The van der Waals surface area contributed by atoms with Gasteiger partial charge in [0.2, 0.25) is 11.1 Å². The van der Waals surface area contributed by atoms with E-state index in [0.717, 1.165) is 28.2 Å². The van der Waals surface area contributed by atoms with Crippen molar-refractivity contribution in [1.29, 1.82) is 0 Å². The van der Waals surface area contributed by atoms with Gasteiger partial charge in [0.1, 0.15) is 11.1 Å². The van der Waals surface area contributed by atoms with Gasteiger partial charge in [0, 0.05) is 17.0 Å². The number of H-pyrrole nitrogens is 1. The lowest BCUT2D eigenvalue weighted by molar-refractivity contribution is -0.115. The number of nitrogens with zero attached hydrogens (tertiary/aromatic N) is 2. The van der Waals surface area contributed by atoms with Gasteiger partial charge >= 0.3 is 0 Å². The molecule has 0 spiro atoms. The molecule has 1 amide bonds. The third kappa shape index (κ3) is 5.17. The maximum Gasteiger partial charge on any atom is 0.242 e. The average molecular weight is 435 g/mol. The lowest BCUT2D eigenvalue weighted by Gasteiger charge is -2.16. The van der Waals surface area contributed by atoms with E-state index in [1.54, 1.807) is 11.3 Å². The van der Waals surface area contributed by atoms with Crippen LogP contribution in [-0.4, -0.2) is 21.1 Å². The van der Waals surface area contributed by atoms with Gasteiger partial charge in [0.05, 0.1) is 0 Å². The second-order valence-corrected chi connectivity index (χ2v) is 9.20. The Morgan fingerprint density at radius 1 is 1.10 bits per heavy atom. The Kier molecular flexibility index (Phi) is 6.30. The monoisotopic (exact) mass is 434 g/mol. The molecule has 2 aromatic heterocycles. The van der Waals surface area contributed by atoms with Crippen LogP contribution in [-0.2, 0) is 11.2 Å². The number of aromatic nitrogens is 3. The highest BCUT2D eigenvalue weighted by atomic mass is 32.2. The first-order chi connectivity index (χ1) is 14.6. The van der Waals surface area contributed by atoms with Gasteiger partial charge in [-0.25, -0.2) is 4.98 Å². The van der Waals surface area contributed by atoms with Crippen LogP contribution in [0.4, 0.5) is 5.69 Å². The van der Waals surface area contributed by atoms with Crippen molar-refractivity contribution >= 4 is 34.7 Å². The van der Waals surface area contributed by atoms with E-state index in [1.165, 1.54) is 16.6 Å². The second kappa shape index (κ2) is 9.28. The number of nitrogens with one attached hydrogen (secondary N) is 2. The maximum absolute atomic E-state index is 13.2. The standard InChI is InChI=1S/C23H22N4OS2/c1-15-11-16(2)13-18(12-15)24-22(28)21(17-7-4-3-5-8-17)30-23-25-20(26-27-23)14-19-9-6-10-29-19/h3-13,21H,14H2,1-2H3,(H,24,28)(H,25,26,27). The molecule has 0 bridgehead atoms. The van der Waals surface area contributed by atoms with E-state index in [4.69, 9.17) is 0 Å². The first-order valence-corrected chi connectivity index (χ1v) is 11.4. The number of carbonyl (C=O) groups excluding carboxylic acids is 1. The predicted molar refractivity (Wildman–Crippen MR) is 123 cm³/mol. The van der Waals surface area contributed by atoms with Crippen LogP contribution in [0.25, 0.3) is 0 Å². The first-order valence-electron chi connectivity index (χ1n) is 9.61. The summed E-state index contributed by atoms with van der Waals surface area (Å²) in [6.07, 6.45) is 0.704. The summed E-state index contributed by atoms with van der Waals surface area (Å²) in [6, 6.07) is 19.9. The van der Waals surface area contributed by atoms with Crippen molar-refractivity contribution in [3.8, 4) is 0 Å². The molecule has 0 saturated carbocycles. The van der Waals surface area contributed by atoms with Gasteiger partial charge < -0.3 is 5.32 Å². The number of aryl methyl sites for hydroxylation is 2. The number of hydrogen-bond donors (Lipinski definition) is 2. The van der Waals surface area contributed by atoms with Crippen molar-refractivity contribution in [2.24, 2.45) is 0 Å². The maximum atomic E-state index is 13.2. The third-order valence-electron chi connectivity index (χ3n) is 4.49. The van der Waals surface area contributed by atoms with Gasteiger partial charge in [-0.1, -0.05) is 54.2 Å². The van der Waals surface area contributed by atoms with E-state index >= 15 is 0 Å². The zero-order valence-corrected chi connectivity index (χ0v) is 18.4. The van der Waals surface area contributed by atoms with Crippen LogP contribution in [0.3, 0.4) is 0 Å². The van der Waals surface area contributed by atoms with Crippen molar-refractivity contribution in [3.63, 3.8) is 0 Å². The molecule has 0 fully saturated rings. The van der Waals surface area contributed by atoms with Crippen LogP contribution in [0.2, 0.25) is 0 Å².